The lowest BCUT2D eigenvalue weighted by atomic mass is 10.1. The second-order valence-corrected chi connectivity index (χ2v) is 5.73. The molecule has 0 saturated heterocycles. The Morgan fingerprint density at radius 2 is 1.64 bits per heavy atom. The van der Waals surface area contributed by atoms with Gasteiger partial charge in [0, 0.05) is 17.2 Å². The Bertz CT molecular complexity index is 882. The van der Waals surface area contributed by atoms with E-state index in [0.717, 1.165) is 6.07 Å². The molecule has 0 aliphatic heterocycles. The van der Waals surface area contributed by atoms with Crippen molar-refractivity contribution in [3.63, 3.8) is 0 Å². The van der Waals surface area contributed by atoms with E-state index in [9.17, 15) is 32.9 Å². The summed E-state index contributed by atoms with van der Waals surface area (Å²) in [5.41, 5.74) is -0.393. The van der Waals surface area contributed by atoms with Crippen LogP contribution in [-0.2, 0) is 11.3 Å². The van der Waals surface area contributed by atoms with E-state index >= 15 is 0 Å². The number of nitro groups is 1. The Morgan fingerprint density at radius 1 is 1.07 bits per heavy atom. The number of carbonyl (C=O) groups is 2. The zero-order valence-corrected chi connectivity index (χ0v) is 14.6. The summed E-state index contributed by atoms with van der Waals surface area (Å²) in [5.74, 6) is -1.64. The molecule has 0 aromatic heterocycles. The van der Waals surface area contributed by atoms with Crippen molar-refractivity contribution in [2.45, 2.75) is 12.7 Å². The van der Waals surface area contributed by atoms with Gasteiger partial charge in [-0.15, -0.1) is 0 Å². The molecule has 0 saturated carbocycles. The maximum Gasteiger partial charge on any atom is 0.406 e. The average Bonchev–Trinajstić information content (AvgIpc) is 2.65. The summed E-state index contributed by atoms with van der Waals surface area (Å²) in [6.45, 7) is -2.19. The van der Waals surface area contributed by atoms with E-state index < -0.39 is 36.1 Å². The van der Waals surface area contributed by atoms with Crippen molar-refractivity contribution >= 4 is 17.6 Å². The summed E-state index contributed by atoms with van der Waals surface area (Å²) >= 11 is 0. The molecule has 0 unspecified atom stereocenters. The van der Waals surface area contributed by atoms with Crippen LogP contribution in [0.4, 0.5) is 18.9 Å². The fourth-order valence-electron chi connectivity index (χ4n) is 2.49. The van der Waals surface area contributed by atoms with E-state index in [1.54, 1.807) is 0 Å². The summed E-state index contributed by atoms with van der Waals surface area (Å²) < 4.78 is 43.4. The van der Waals surface area contributed by atoms with Crippen LogP contribution < -0.4 is 0 Å². The molecule has 0 fully saturated rings. The monoisotopic (exact) mass is 396 g/mol. The number of amides is 1. The van der Waals surface area contributed by atoms with Crippen LogP contribution in [0.1, 0.15) is 26.3 Å². The van der Waals surface area contributed by atoms with E-state index in [0.29, 0.717) is 4.90 Å². The molecule has 0 bridgehead atoms. The molecule has 0 radical (unpaired) electrons. The van der Waals surface area contributed by atoms with Crippen LogP contribution in [0.2, 0.25) is 0 Å². The molecule has 0 aliphatic rings. The SMILES string of the molecule is COC(=O)c1ccc(C(=O)N(Cc2ccccc2[N+](=O)[O-])CC(F)(F)F)cc1. The van der Waals surface area contributed by atoms with Gasteiger partial charge in [-0.2, -0.15) is 13.2 Å². The lowest BCUT2D eigenvalue weighted by molar-refractivity contribution is -0.385. The fourth-order valence-corrected chi connectivity index (χ4v) is 2.49. The van der Waals surface area contributed by atoms with Crippen molar-refractivity contribution in [3.05, 3.63) is 75.3 Å². The Morgan fingerprint density at radius 3 is 2.18 bits per heavy atom. The molecule has 10 heteroatoms. The van der Waals surface area contributed by atoms with Crippen molar-refractivity contribution in [2.24, 2.45) is 0 Å². The molecular formula is C18H15F3N2O5. The van der Waals surface area contributed by atoms with Gasteiger partial charge in [0.25, 0.3) is 11.6 Å². The van der Waals surface area contributed by atoms with E-state index in [2.05, 4.69) is 4.74 Å². The Hall–Kier alpha value is -3.43. The van der Waals surface area contributed by atoms with Crippen molar-refractivity contribution in [1.82, 2.24) is 4.90 Å². The number of hydrogen-bond acceptors (Lipinski definition) is 5. The topological polar surface area (TPSA) is 89.8 Å². The van der Waals surface area contributed by atoms with Crippen LogP contribution in [-0.4, -0.2) is 41.5 Å². The second kappa shape index (κ2) is 8.51. The maximum absolute atomic E-state index is 13.0. The molecule has 2 aromatic rings. The molecule has 7 nitrogen and oxygen atoms in total. The number of rotatable bonds is 6. The molecule has 28 heavy (non-hydrogen) atoms. The standard InChI is InChI=1S/C18H15F3N2O5/c1-28-17(25)13-8-6-12(7-9-13)16(24)22(11-18(19,20)21)10-14-4-2-3-5-15(14)23(26)27/h2-9H,10-11H2,1H3. The van der Waals surface area contributed by atoms with Gasteiger partial charge in [0.2, 0.25) is 0 Å². The largest absolute Gasteiger partial charge is 0.465 e. The molecule has 2 aromatic carbocycles. The normalized spacial score (nSPS) is 11.0. The maximum atomic E-state index is 13.0. The van der Waals surface area contributed by atoms with Crippen LogP contribution in [0.3, 0.4) is 0 Å². The molecule has 0 atom stereocenters. The van der Waals surface area contributed by atoms with Crippen LogP contribution in [0.15, 0.2) is 48.5 Å². The van der Waals surface area contributed by atoms with Gasteiger partial charge in [0.15, 0.2) is 0 Å². The van der Waals surface area contributed by atoms with E-state index in [1.807, 2.05) is 0 Å². The lowest BCUT2D eigenvalue weighted by Gasteiger charge is -2.24. The van der Waals surface area contributed by atoms with Gasteiger partial charge in [0.1, 0.15) is 6.54 Å². The van der Waals surface area contributed by atoms with Crippen molar-refractivity contribution in [2.75, 3.05) is 13.7 Å². The van der Waals surface area contributed by atoms with Crippen molar-refractivity contribution in [1.29, 1.82) is 0 Å². The van der Waals surface area contributed by atoms with Gasteiger partial charge in [-0.1, -0.05) is 18.2 Å². The predicted octanol–water partition coefficient (Wildman–Crippen LogP) is 3.59. The third-order valence-electron chi connectivity index (χ3n) is 3.76. The van der Waals surface area contributed by atoms with Gasteiger partial charge in [-0.05, 0) is 24.3 Å². The van der Waals surface area contributed by atoms with Gasteiger partial charge >= 0.3 is 12.1 Å². The Balaban J connectivity index is 2.34. The number of benzene rings is 2. The lowest BCUT2D eigenvalue weighted by Crippen LogP contribution is -2.38. The predicted molar refractivity (Wildman–Crippen MR) is 91.7 cm³/mol. The molecule has 0 spiro atoms. The van der Waals surface area contributed by atoms with E-state index in [4.69, 9.17) is 0 Å². The number of alkyl halides is 3. The van der Waals surface area contributed by atoms with Crippen LogP contribution >= 0.6 is 0 Å². The first-order chi connectivity index (χ1) is 13.1. The van der Waals surface area contributed by atoms with E-state index in [-0.39, 0.29) is 22.4 Å². The zero-order valence-electron chi connectivity index (χ0n) is 14.6. The minimum Gasteiger partial charge on any atom is -0.465 e. The highest BCUT2D eigenvalue weighted by Crippen LogP contribution is 2.24. The summed E-state index contributed by atoms with van der Waals surface area (Å²) in [5, 5.41) is 11.1. The quantitative estimate of drug-likeness (QED) is 0.423. The molecule has 0 heterocycles. The first-order valence-corrected chi connectivity index (χ1v) is 7.89. The highest BCUT2D eigenvalue weighted by atomic mass is 19.4. The summed E-state index contributed by atoms with van der Waals surface area (Å²) in [6.07, 6.45) is -4.70. The molecule has 0 aliphatic carbocycles. The van der Waals surface area contributed by atoms with E-state index in [1.165, 1.54) is 49.6 Å². The summed E-state index contributed by atoms with van der Waals surface area (Å²) in [7, 11) is 1.17. The number of hydrogen-bond donors (Lipinski definition) is 0. The fraction of sp³-hybridized carbons (Fsp3) is 0.222. The van der Waals surface area contributed by atoms with Crippen molar-refractivity contribution in [3.8, 4) is 0 Å². The first kappa shape index (κ1) is 20.9. The number of nitrogens with zero attached hydrogens (tertiary/aromatic N) is 2. The minimum atomic E-state index is -4.70. The third-order valence-corrected chi connectivity index (χ3v) is 3.76. The number of para-hydroxylation sites is 1. The first-order valence-electron chi connectivity index (χ1n) is 7.89. The Kier molecular flexibility index (Phi) is 6.34. The Labute approximate surface area is 157 Å². The molecule has 1 amide bonds. The van der Waals surface area contributed by atoms with Crippen LogP contribution in [0.5, 0.6) is 0 Å². The number of methoxy groups -OCH3 is 1. The van der Waals surface area contributed by atoms with Gasteiger partial charge in [-0.3, -0.25) is 14.9 Å². The van der Waals surface area contributed by atoms with Crippen molar-refractivity contribution < 1.29 is 32.4 Å². The smallest absolute Gasteiger partial charge is 0.406 e. The minimum absolute atomic E-state index is 0.0312. The summed E-state index contributed by atoms with van der Waals surface area (Å²) in [6, 6.07) is 10.1. The highest BCUT2D eigenvalue weighted by molar-refractivity contribution is 5.96. The summed E-state index contributed by atoms with van der Waals surface area (Å²) in [4.78, 5) is 34.9. The van der Waals surface area contributed by atoms with Gasteiger partial charge in [0.05, 0.1) is 24.1 Å². The molecule has 2 rings (SSSR count). The van der Waals surface area contributed by atoms with Crippen LogP contribution in [0.25, 0.3) is 0 Å². The molecule has 0 N–H and O–H groups in total. The third kappa shape index (κ3) is 5.29. The number of carbonyl (C=O) groups excluding carboxylic acids is 2. The molecule has 148 valence electrons. The van der Waals surface area contributed by atoms with Gasteiger partial charge < -0.3 is 9.64 Å². The van der Waals surface area contributed by atoms with Crippen LogP contribution in [0, 0.1) is 10.1 Å². The van der Waals surface area contributed by atoms with Gasteiger partial charge in [-0.25, -0.2) is 4.79 Å². The average molecular weight is 396 g/mol. The second-order valence-electron chi connectivity index (χ2n) is 5.73. The highest BCUT2D eigenvalue weighted by Gasteiger charge is 2.34. The number of halogens is 3. The molecular weight excluding hydrogens is 381 g/mol. The number of esters is 1. The number of ether oxygens (including phenoxy) is 1. The zero-order chi connectivity index (χ0) is 20.9. The number of nitro benzene ring substituents is 1.